The molecule has 1 aromatic carbocycles. The average molecular weight is 373 g/mol. The molecule has 0 heterocycles. The zero-order valence-electron chi connectivity index (χ0n) is 17.0. The number of likely N-dealkylation sites (N-methyl/N-ethyl adjacent to an activating group) is 1. The predicted octanol–water partition coefficient (Wildman–Crippen LogP) is 2.33. The van der Waals surface area contributed by atoms with Crippen LogP contribution in [0.4, 0.5) is 11.4 Å². The van der Waals surface area contributed by atoms with Crippen LogP contribution in [0.1, 0.15) is 31.4 Å². The second-order valence-electron chi connectivity index (χ2n) is 6.56. The molecule has 1 amide bonds. The van der Waals surface area contributed by atoms with Crippen LogP contribution < -0.4 is 5.32 Å². The molecule has 0 aromatic heterocycles. The molecular weight excluding hydrogens is 342 g/mol. The lowest BCUT2D eigenvalue weighted by Gasteiger charge is -2.19. The third kappa shape index (κ3) is 4.77. The standard InChI is InChI=1S/C21H30N3O3/c1-6-23(7-2)21(25)14-27-20-11-9-8-10-18(20)24(26)19-13-16(4)15(3)12-17(19)22-5/h8-9,11-13,22,26H,6-7,10,14H2,1-5H3/q+1/p+1/b24-18-. The number of aryl methyl sites for hydroxylation is 2. The number of amides is 1. The lowest BCUT2D eigenvalue weighted by Crippen LogP contribution is -2.73. The Hall–Kier alpha value is -2.60. The normalized spacial score (nSPS) is 15.4. The van der Waals surface area contributed by atoms with Crippen molar-refractivity contribution in [2.24, 2.45) is 0 Å². The van der Waals surface area contributed by atoms with E-state index in [1.165, 1.54) is 10.3 Å². The van der Waals surface area contributed by atoms with E-state index in [0.717, 1.165) is 11.3 Å². The number of benzene rings is 1. The molecule has 6 heteroatoms. The maximum atomic E-state index is 12.2. The maximum Gasteiger partial charge on any atom is 0.317 e. The predicted molar refractivity (Wildman–Crippen MR) is 106 cm³/mol. The summed E-state index contributed by atoms with van der Waals surface area (Å²) in [5.74, 6) is 0.453. The summed E-state index contributed by atoms with van der Waals surface area (Å²) < 4.78 is 6.96. The van der Waals surface area contributed by atoms with Gasteiger partial charge in [-0.1, -0.05) is 12.2 Å². The molecule has 1 aliphatic carbocycles. The fraction of sp³-hybridized carbons (Fsp3) is 0.429. The van der Waals surface area contributed by atoms with Gasteiger partial charge in [-0.15, -0.1) is 0 Å². The zero-order valence-corrected chi connectivity index (χ0v) is 17.0. The minimum Gasteiger partial charge on any atom is -0.477 e. The SMILES string of the molecule is CCN(CC)C(=O)COC1=CC=CC/C1=[N+](/O)c1cc(C)c(C)cc1[NH2+]C. The molecule has 0 unspecified atom stereocenters. The fourth-order valence-corrected chi connectivity index (χ4v) is 3.04. The molecule has 0 radical (unpaired) electrons. The van der Waals surface area contributed by atoms with E-state index in [2.05, 4.69) is 13.0 Å². The minimum atomic E-state index is -0.0620. The van der Waals surface area contributed by atoms with Crippen molar-refractivity contribution in [2.45, 2.75) is 34.1 Å². The molecule has 0 saturated carbocycles. The van der Waals surface area contributed by atoms with Gasteiger partial charge in [0.05, 0.1) is 13.5 Å². The van der Waals surface area contributed by atoms with Gasteiger partial charge in [0.2, 0.25) is 5.69 Å². The maximum absolute atomic E-state index is 12.2. The van der Waals surface area contributed by atoms with E-state index in [1.807, 2.05) is 51.4 Å². The van der Waals surface area contributed by atoms with E-state index < -0.39 is 0 Å². The molecule has 2 rings (SSSR count). The molecule has 146 valence electrons. The Kier molecular flexibility index (Phi) is 7.19. The molecule has 6 nitrogen and oxygen atoms in total. The molecule has 0 aliphatic heterocycles. The summed E-state index contributed by atoms with van der Waals surface area (Å²) in [6.07, 6.45) is 6.14. The molecule has 0 bridgehead atoms. The number of rotatable bonds is 7. The van der Waals surface area contributed by atoms with Gasteiger partial charge in [-0.2, -0.15) is 0 Å². The highest BCUT2D eigenvalue weighted by molar-refractivity contribution is 5.97. The van der Waals surface area contributed by atoms with Crippen molar-refractivity contribution in [2.75, 3.05) is 26.7 Å². The molecule has 1 aromatic rings. The first-order chi connectivity index (χ1) is 12.9. The number of carbonyl (C=O) groups is 1. The quantitative estimate of drug-likeness (QED) is 0.334. The van der Waals surface area contributed by atoms with Crippen LogP contribution in [0.3, 0.4) is 0 Å². The van der Waals surface area contributed by atoms with Gasteiger partial charge in [0.25, 0.3) is 11.6 Å². The number of ether oxygens (including phenoxy) is 1. The van der Waals surface area contributed by atoms with Crippen LogP contribution in [0.5, 0.6) is 0 Å². The first-order valence-corrected chi connectivity index (χ1v) is 9.46. The van der Waals surface area contributed by atoms with Crippen LogP contribution >= 0.6 is 0 Å². The average Bonchev–Trinajstić information content (AvgIpc) is 2.68. The molecule has 0 saturated heterocycles. The molecule has 27 heavy (non-hydrogen) atoms. The van der Waals surface area contributed by atoms with Crippen molar-refractivity contribution < 1.29 is 24.8 Å². The van der Waals surface area contributed by atoms with Gasteiger partial charge in [-0.05, 0) is 44.9 Å². The van der Waals surface area contributed by atoms with Crippen LogP contribution in [-0.2, 0) is 9.53 Å². The number of nitrogens with two attached hydrogens (primary N) is 1. The highest BCUT2D eigenvalue weighted by Gasteiger charge is 2.29. The van der Waals surface area contributed by atoms with E-state index in [1.54, 1.807) is 11.0 Å². The number of hydrogen-bond donors (Lipinski definition) is 2. The Morgan fingerprint density at radius 1 is 1.26 bits per heavy atom. The molecule has 0 fully saturated rings. The Morgan fingerprint density at radius 3 is 2.56 bits per heavy atom. The topological polar surface area (TPSA) is 69.4 Å². The summed E-state index contributed by atoms with van der Waals surface area (Å²) in [6, 6.07) is 4.02. The lowest BCUT2D eigenvalue weighted by atomic mass is 10.1. The first-order valence-electron chi connectivity index (χ1n) is 9.46. The van der Waals surface area contributed by atoms with E-state index in [-0.39, 0.29) is 12.5 Å². The number of hydrogen-bond acceptors (Lipinski definition) is 3. The van der Waals surface area contributed by atoms with Crippen LogP contribution in [0.25, 0.3) is 0 Å². The third-order valence-electron chi connectivity index (χ3n) is 4.88. The van der Waals surface area contributed by atoms with Crippen LogP contribution in [-0.4, -0.2) is 53.2 Å². The Morgan fingerprint density at radius 2 is 1.93 bits per heavy atom. The van der Waals surface area contributed by atoms with Crippen LogP contribution in [0.2, 0.25) is 0 Å². The molecule has 0 spiro atoms. The van der Waals surface area contributed by atoms with Crippen molar-refractivity contribution in [1.29, 1.82) is 0 Å². The zero-order chi connectivity index (χ0) is 20.0. The number of allylic oxidation sites excluding steroid dienone is 4. The minimum absolute atomic E-state index is 0.0433. The second-order valence-corrected chi connectivity index (χ2v) is 6.56. The molecule has 3 N–H and O–H groups in total. The van der Waals surface area contributed by atoms with Crippen LogP contribution in [0.15, 0.2) is 36.1 Å². The van der Waals surface area contributed by atoms with E-state index in [0.29, 0.717) is 36.7 Å². The van der Waals surface area contributed by atoms with Crippen molar-refractivity contribution in [1.82, 2.24) is 4.90 Å². The number of carbonyl (C=O) groups excluding carboxylic acids is 1. The van der Waals surface area contributed by atoms with Gasteiger partial charge < -0.3 is 15.0 Å². The highest BCUT2D eigenvalue weighted by Crippen LogP contribution is 2.26. The Labute approximate surface area is 161 Å². The van der Waals surface area contributed by atoms with Gasteiger partial charge in [-0.25, -0.2) is 0 Å². The number of nitrogens with zero attached hydrogens (tertiary/aromatic N) is 2. The summed E-state index contributed by atoms with van der Waals surface area (Å²) in [4.78, 5) is 14.0. The lowest BCUT2D eigenvalue weighted by molar-refractivity contribution is -0.717. The van der Waals surface area contributed by atoms with Crippen molar-refractivity contribution in [3.63, 3.8) is 0 Å². The molecule has 0 atom stereocenters. The van der Waals surface area contributed by atoms with Gasteiger partial charge >= 0.3 is 5.69 Å². The summed E-state index contributed by atoms with van der Waals surface area (Å²) in [6.45, 7) is 9.22. The van der Waals surface area contributed by atoms with E-state index >= 15 is 0 Å². The van der Waals surface area contributed by atoms with E-state index in [9.17, 15) is 10.0 Å². The van der Waals surface area contributed by atoms with Crippen molar-refractivity contribution in [3.05, 3.63) is 47.2 Å². The Balaban J connectivity index is 2.32. The highest BCUT2D eigenvalue weighted by atomic mass is 16.5. The van der Waals surface area contributed by atoms with Crippen LogP contribution in [0, 0.1) is 13.8 Å². The summed E-state index contributed by atoms with van der Waals surface area (Å²) >= 11 is 0. The molecule has 1 aliphatic rings. The van der Waals surface area contributed by atoms with Gasteiger partial charge in [-0.3, -0.25) is 10.0 Å². The number of quaternary nitrogens is 1. The summed E-state index contributed by atoms with van der Waals surface area (Å²) in [5.41, 5.74) is 4.54. The van der Waals surface area contributed by atoms with Gasteiger partial charge in [0, 0.05) is 30.0 Å². The third-order valence-corrected chi connectivity index (χ3v) is 4.88. The Bertz CT molecular complexity index is 790. The van der Waals surface area contributed by atoms with Gasteiger partial charge in [0.1, 0.15) is 0 Å². The van der Waals surface area contributed by atoms with Crippen molar-refractivity contribution in [3.8, 4) is 0 Å². The largest absolute Gasteiger partial charge is 0.477 e. The monoisotopic (exact) mass is 373 g/mol. The fourth-order valence-electron chi connectivity index (χ4n) is 3.04. The van der Waals surface area contributed by atoms with Crippen molar-refractivity contribution >= 4 is 23.0 Å². The first kappa shape index (κ1) is 20.7. The molecular formula is C21H31N3O3+2. The summed E-state index contributed by atoms with van der Waals surface area (Å²) in [7, 11) is 1.95. The second kappa shape index (κ2) is 9.37. The van der Waals surface area contributed by atoms with E-state index in [4.69, 9.17) is 4.74 Å². The summed E-state index contributed by atoms with van der Waals surface area (Å²) in [5, 5.41) is 12.9. The van der Waals surface area contributed by atoms with Gasteiger partial charge in [0.15, 0.2) is 12.4 Å². The smallest absolute Gasteiger partial charge is 0.317 e.